The molecule has 132 valence electrons. The van der Waals surface area contributed by atoms with Gasteiger partial charge in [-0.1, -0.05) is 6.07 Å². The lowest BCUT2D eigenvalue weighted by molar-refractivity contribution is -0.276. The number of anilines is 1. The van der Waals surface area contributed by atoms with Crippen molar-refractivity contribution < 1.29 is 23.8 Å². The van der Waals surface area contributed by atoms with E-state index in [0.29, 0.717) is 11.4 Å². The number of Topliss-reactive ketones (excluding diaryl/α,β-unsaturated/α-hetero) is 1. The van der Waals surface area contributed by atoms with Crippen LogP contribution in [0.3, 0.4) is 0 Å². The van der Waals surface area contributed by atoms with Crippen LogP contribution in [0.1, 0.15) is 32.8 Å². The number of aryl methyl sites for hydroxylation is 1. The standard InChI is InChI=1S/C18H25NO5/c1-12-6-7-14(22-5)13(8-12)19-16(21)9-15(20)18(4)10-23-17(2,3)24-11-18/h6-8H,9-11H2,1-5H3,(H,19,21). The SMILES string of the molecule is COc1ccc(C)cc1NC(=O)CC(=O)C1(C)COC(C)(C)OC1. The lowest BCUT2D eigenvalue weighted by atomic mass is 9.84. The molecular weight excluding hydrogens is 310 g/mol. The zero-order chi connectivity index (χ0) is 18.0. The van der Waals surface area contributed by atoms with Crippen LogP contribution in [0.15, 0.2) is 18.2 Å². The van der Waals surface area contributed by atoms with Gasteiger partial charge in [0.05, 0.1) is 37.8 Å². The molecule has 6 nitrogen and oxygen atoms in total. The average molecular weight is 335 g/mol. The highest BCUT2D eigenvalue weighted by atomic mass is 16.7. The minimum absolute atomic E-state index is 0.206. The van der Waals surface area contributed by atoms with Crippen LogP contribution >= 0.6 is 0 Å². The van der Waals surface area contributed by atoms with Gasteiger partial charge in [0.15, 0.2) is 11.6 Å². The third kappa shape index (κ3) is 4.33. The van der Waals surface area contributed by atoms with Crippen molar-refractivity contribution in [1.82, 2.24) is 0 Å². The fourth-order valence-electron chi connectivity index (χ4n) is 2.38. The summed E-state index contributed by atoms with van der Waals surface area (Å²) >= 11 is 0. The molecule has 0 atom stereocenters. The predicted octanol–water partition coefficient (Wildman–Crippen LogP) is 2.69. The van der Waals surface area contributed by atoms with Crippen molar-refractivity contribution in [2.45, 2.75) is 39.9 Å². The van der Waals surface area contributed by atoms with Gasteiger partial charge in [-0.25, -0.2) is 0 Å². The summed E-state index contributed by atoms with van der Waals surface area (Å²) in [7, 11) is 1.53. The Morgan fingerprint density at radius 3 is 2.42 bits per heavy atom. The molecule has 1 aliphatic rings. The van der Waals surface area contributed by atoms with E-state index in [2.05, 4.69) is 5.32 Å². The van der Waals surface area contributed by atoms with Crippen LogP contribution in [0, 0.1) is 12.3 Å². The van der Waals surface area contributed by atoms with Crippen molar-refractivity contribution in [3.63, 3.8) is 0 Å². The summed E-state index contributed by atoms with van der Waals surface area (Å²) in [6.45, 7) is 7.74. The Morgan fingerprint density at radius 2 is 1.83 bits per heavy atom. The molecule has 0 radical (unpaired) electrons. The number of carbonyl (C=O) groups excluding carboxylic acids is 2. The number of ketones is 1. The largest absolute Gasteiger partial charge is 0.495 e. The summed E-state index contributed by atoms with van der Waals surface area (Å²) in [5, 5.41) is 2.74. The molecule has 2 rings (SSSR count). The average Bonchev–Trinajstić information content (AvgIpc) is 2.50. The molecule has 6 heteroatoms. The van der Waals surface area contributed by atoms with Gasteiger partial charge in [-0.15, -0.1) is 0 Å². The van der Waals surface area contributed by atoms with Gasteiger partial charge in [0.1, 0.15) is 5.75 Å². The van der Waals surface area contributed by atoms with Crippen LogP contribution < -0.4 is 10.1 Å². The number of hydrogen-bond donors (Lipinski definition) is 1. The van der Waals surface area contributed by atoms with Gasteiger partial charge < -0.3 is 19.5 Å². The van der Waals surface area contributed by atoms with Gasteiger partial charge in [0.2, 0.25) is 5.91 Å². The first kappa shape index (κ1) is 18.4. The quantitative estimate of drug-likeness (QED) is 0.838. The highest BCUT2D eigenvalue weighted by molar-refractivity contribution is 6.06. The van der Waals surface area contributed by atoms with Gasteiger partial charge in [-0.2, -0.15) is 0 Å². The first-order valence-electron chi connectivity index (χ1n) is 7.91. The molecule has 1 heterocycles. The Bertz CT molecular complexity index is 628. The predicted molar refractivity (Wildman–Crippen MR) is 90.1 cm³/mol. The fraction of sp³-hybridized carbons (Fsp3) is 0.556. The Kier molecular flexibility index (Phi) is 5.30. The summed E-state index contributed by atoms with van der Waals surface area (Å²) in [5.74, 6) is -0.729. The van der Waals surface area contributed by atoms with E-state index < -0.39 is 11.2 Å². The number of benzene rings is 1. The molecule has 24 heavy (non-hydrogen) atoms. The molecule has 1 amide bonds. The second kappa shape index (κ2) is 6.91. The van der Waals surface area contributed by atoms with E-state index in [1.54, 1.807) is 32.9 Å². The lowest BCUT2D eigenvalue weighted by Crippen LogP contribution is -2.49. The van der Waals surface area contributed by atoms with Gasteiger partial charge in [0, 0.05) is 0 Å². The number of ether oxygens (including phenoxy) is 3. The summed E-state index contributed by atoms with van der Waals surface area (Å²) < 4.78 is 16.3. The molecule has 0 bridgehead atoms. The number of carbonyl (C=O) groups is 2. The van der Waals surface area contributed by atoms with Crippen LogP contribution in [0.5, 0.6) is 5.75 Å². The molecule has 0 saturated carbocycles. The molecule has 1 aliphatic heterocycles. The molecule has 1 fully saturated rings. The third-order valence-corrected chi connectivity index (χ3v) is 4.10. The van der Waals surface area contributed by atoms with Crippen molar-refractivity contribution in [2.75, 3.05) is 25.6 Å². The molecule has 0 aromatic heterocycles. The zero-order valence-corrected chi connectivity index (χ0v) is 14.9. The first-order valence-corrected chi connectivity index (χ1v) is 7.91. The minimum atomic E-state index is -0.816. The maximum atomic E-state index is 12.5. The monoisotopic (exact) mass is 335 g/mol. The normalized spacial score (nSPS) is 18.7. The zero-order valence-electron chi connectivity index (χ0n) is 14.9. The third-order valence-electron chi connectivity index (χ3n) is 4.10. The van der Waals surface area contributed by atoms with Crippen LogP contribution in [-0.2, 0) is 19.1 Å². The van der Waals surface area contributed by atoms with Crippen LogP contribution in [0.2, 0.25) is 0 Å². The van der Waals surface area contributed by atoms with Crippen molar-refractivity contribution in [3.05, 3.63) is 23.8 Å². The maximum absolute atomic E-state index is 12.5. The Balaban J connectivity index is 2.00. The maximum Gasteiger partial charge on any atom is 0.231 e. The number of rotatable bonds is 5. The molecule has 0 aliphatic carbocycles. The van der Waals surface area contributed by atoms with Gasteiger partial charge in [-0.3, -0.25) is 9.59 Å². The molecule has 0 unspecified atom stereocenters. The highest BCUT2D eigenvalue weighted by Crippen LogP contribution is 2.31. The Morgan fingerprint density at radius 1 is 1.21 bits per heavy atom. The molecular formula is C18H25NO5. The number of nitrogens with one attached hydrogen (secondary N) is 1. The topological polar surface area (TPSA) is 73.9 Å². The van der Waals surface area contributed by atoms with Gasteiger partial charge >= 0.3 is 0 Å². The van der Waals surface area contributed by atoms with Crippen molar-refractivity contribution in [3.8, 4) is 5.75 Å². The van der Waals surface area contributed by atoms with Gasteiger partial charge in [-0.05, 0) is 45.4 Å². The van der Waals surface area contributed by atoms with E-state index in [1.165, 1.54) is 7.11 Å². The number of amides is 1. The van der Waals surface area contributed by atoms with Gasteiger partial charge in [0.25, 0.3) is 0 Å². The number of methoxy groups -OCH3 is 1. The van der Waals surface area contributed by atoms with Crippen molar-refractivity contribution >= 4 is 17.4 Å². The smallest absolute Gasteiger partial charge is 0.231 e. The Hall–Kier alpha value is -1.92. The summed E-state index contributed by atoms with van der Waals surface area (Å²) in [6.07, 6.45) is -0.235. The van der Waals surface area contributed by atoms with E-state index in [1.807, 2.05) is 13.0 Å². The second-order valence-electron chi connectivity index (χ2n) is 6.89. The highest BCUT2D eigenvalue weighted by Gasteiger charge is 2.42. The summed E-state index contributed by atoms with van der Waals surface area (Å²) in [4.78, 5) is 24.7. The molecule has 1 aromatic carbocycles. The lowest BCUT2D eigenvalue weighted by Gasteiger charge is -2.40. The molecule has 1 saturated heterocycles. The van der Waals surface area contributed by atoms with E-state index in [-0.39, 0.29) is 31.3 Å². The molecule has 1 N–H and O–H groups in total. The minimum Gasteiger partial charge on any atom is -0.495 e. The van der Waals surface area contributed by atoms with Crippen LogP contribution in [-0.4, -0.2) is 37.8 Å². The second-order valence-corrected chi connectivity index (χ2v) is 6.89. The summed E-state index contributed by atoms with van der Waals surface area (Å²) in [6, 6.07) is 5.47. The van der Waals surface area contributed by atoms with Crippen LogP contribution in [0.4, 0.5) is 5.69 Å². The first-order chi connectivity index (χ1) is 11.1. The van der Waals surface area contributed by atoms with E-state index in [9.17, 15) is 9.59 Å². The van der Waals surface area contributed by atoms with Crippen molar-refractivity contribution in [2.24, 2.45) is 5.41 Å². The Labute approximate surface area is 142 Å². The number of hydrogen-bond acceptors (Lipinski definition) is 5. The van der Waals surface area contributed by atoms with E-state index in [4.69, 9.17) is 14.2 Å². The summed E-state index contributed by atoms with van der Waals surface area (Å²) in [5.41, 5.74) is 0.724. The molecule has 1 aromatic rings. The molecule has 0 spiro atoms. The van der Waals surface area contributed by atoms with Crippen LogP contribution in [0.25, 0.3) is 0 Å². The fourth-order valence-corrected chi connectivity index (χ4v) is 2.38. The van der Waals surface area contributed by atoms with E-state index in [0.717, 1.165) is 5.56 Å². The van der Waals surface area contributed by atoms with E-state index >= 15 is 0 Å². The van der Waals surface area contributed by atoms with Crippen molar-refractivity contribution in [1.29, 1.82) is 0 Å².